The van der Waals surface area contributed by atoms with Crippen molar-refractivity contribution in [1.29, 1.82) is 0 Å². The number of fused-ring (bicyclic) bond motifs is 8. The van der Waals surface area contributed by atoms with E-state index in [1.54, 1.807) is 28.4 Å². The van der Waals surface area contributed by atoms with Crippen LogP contribution in [0.4, 0.5) is 0 Å². The van der Waals surface area contributed by atoms with E-state index in [9.17, 15) is 20.4 Å². The molecule has 10 heteroatoms. The predicted octanol–water partition coefficient (Wildman–Crippen LogP) is 12.1. The molecule has 4 N–H and O–H groups in total. The highest BCUT2D eigenvalue weighted by molar-refractivity contribution is 6.12. The maximum atomic E-state index is 9.91. The number of pyridine rings is 2. The van der Waals surface area contributed by atoms with Crippen molar-refractivity contribution in [3.63, 3.8) is 0 Å². The summed E-state index contributed by atoms with van der Waals surface area (Å²) < 4.78 is 28.2. The lowest BCUT2D eigenvalue weighted by atomic mass is 9.84. The quantitative estimate of drug-likeness (QED) is 0.0542. The average Bonchev–Trinajstić information content (AvgIpc) is 3.64. The van der Waals surface area contributed by atoms with Gasteiger partial charge in [-0.15, -0.1) is 0 Å². The topological polar surface area (TPSA) is 126 Å². The van der Waals surface area contributed by atoms with Crippen LogP contribution in [-0.4, -0.2) is 48.9 Å². The Morgan fingerprint density at radius 2 is 0.795 bits per heavy atom. The van der Waals surface area contributed by atoms with Gasteiger partial charge < -0.3 is 39.4 Å². The summed E-state index contributed by atoms with van der Waals surface area (Å²) in [5.74, 6) is 2.90. The number of rotatable bonds is 12. The zero-order valence-electron chi connectivity index (χ0n) is 44.7. The molecule has 0 saturated heterocycles. The van der Waals surface area contributed by atoms with Crippen LogP contribution >= 0.6 is 0 Å². The molecule has 1 aliphatic rings. The van der Waals surface area contributed by atoms with Crippen molar-refractivity contribution < 1.29 is 48.5 Å². The molecule has 78 heavy (non-hydrogen) atoms. The Hall–Kier alpha value is -8.64. The van der Waals surface area contributed by atoms with Crippen LogP contribution in [0.5, 0.6) is 23.0 Å². The molecule has 0 fully saturated rings. The monoisotopic (exact) mass is 1030 g/mol. The fourth-order valence-corrected chi connectivity index (χ4v) is 11.7. The number of hydrogen-bond donors (Lipinski definition) is 4. The van der Waals surface area contributed by atoms with Gasteiger partial charge in [-0.25, -0.2) is 0 Å². The normalized spacial score (nSPS) is 11.8. The van der Waals surface area contributed by atoms with Crippen molar-refractivity contribution in [3.8, 4) is 78.6 Å². The summed E-state index contributed by atoms with van der Waals surface area (Å²) in [5.41, 5.74) is 19.3. The van der Waals surface area contributed by atoms with Gasteiger partial charge >= 0.3 is 0 Å². The van der Waals surface area contributed by atoms with E-state index in [1.165, 1.54) is 16.8 Å². The van der Waals surface area contributed by atoms with E-state index in [0.29, 0.717) is 11.5 Å². The third-order valence-electron chi connectivity index (χ3n) is 15.7. The zero-order valence-corrected chi connectivity index (χ0v) is 44.7. The van der Waals surface area contributed by atoms with Crippen molar-refractivity contribution in [2.45, 2.75) is 39.3 Å². The molecular weight excluding hydrogens is 973 g/mol. The van der Waals surface area contributed by atoms with Gasteiger partial charge in [0.15, 0.2) is 28.7 Å². The Kier molecular flexibility index (Phi) is 14.4. The van der Waals surface area contributed by atoms with Crippen molar-refractivity contribution in [1.82, 2.24) is 0 Å². The van der Waals surface area contributed by atoms with Crippen molar-refractivity contribution in [2.75, 3.05) is 28.4 Å². The summed E-state index contributed by atoms with van der Waals surface area (Å²) in [7, 11) is 10.9. The number of nitrogens with zero attached hydrogens (tertiary/aromatic N) is 2. The molecule has 0 saturated carbocycles. The zero-order chi connectivity index (χ0) is 54.2. The molecular formula is C68H62N2O8+2. The van der Waals surface area contributed by atoms with Crippen LogP contribution in [0.15, 0.2) is 170 Å². The Morgan fingerprint density at radius 1 is 0.346 bits per heavy atom. The van der Waals surface area contributed by atoms with Gasteiger partial charge in [0, 0.05) is 62.9 Å². The van der Waals surface area contributed by atoms with Crippen molar-refractivity contribution in [3.05, 3.63) is 203 Å². The molecule has 0 radical (unpaired) electrons. The highest BCUT2D eigenvalue weighted by atomic mass is 16.5. The van der Waals surface area contributed by atoms with Gasteiger partial charge in [-0.05, 0) is 110 Å². The van der Waals surface area contributed by atoms with Gasteiger partial charge in [-0.2, -0.15) is 9.13 Å². The van der Waals surface area contributed by atoms with E-state index in [-0.39, 0.29) is 26.4 Å². The molecule has 9 aromatic carbocycles. The Morgan fingerprint density at radius 3 is 1.31 bits per heavy atom. The number of aliphatic hydroxyl groups is 4. The second-order valence-corrected chi connectivity index (χ2v) is 19.7. The fraction of sp³-hybridized carbons (Fsp3) is 0.176. The lowest BCUT2D eigenvalue weighted by Gasteiger charge is -2.24. The molecule has 11 aromatic rings. The number of benzene rings is 9. The lowest BCUT2D eigenvalue weighted by Crippen LogP contribution is -2.37. The number of aromatic nitrogens is 2. The van der Waals surface area contributed by atoms with Crippen LogP contribution in [0, 0.1) is 0 Å². The van der Waals surface area contributed by atoms with Crippen LogP contribution in [-0.2, 0) is 53.4 Å². The van der Waals surface area contributed by atoms with E-state index in [1.807, 2.05) is 55.6 Å². The van der Waals surface area contributed by atoms with Crippen molar-refractivity contribution in [2.24, 2.45) is 14.1 Å². The molecule has 0 spiro atoms. The molecule has 10 nitrogen and oxygen atoms in total. The summed E-state index contributed by atoms with van der Waals surface area (Å²) >= 11 is 0. The highest BCUT2D eigenvalue weighted by Crippen LogP contribution is 2.49. The third kappa shape index (κ3) is 9.02. The van der Waals surface area contributed by atoms with Gasteiger partial charge in [0.2, 0.25) is 16.6 Å². The van der Waals surface area contributed by atoms with Crippen LogP contribution in [0.1, 0.15) is 33.5 Å². The van der Waals surface area contributed by atoms with Gasteiger partial charge in [0.1, 0.15) is 14.1 Å². The van der Waals surface area contributed by atoms with Gasteiger partial charge in [0.05, 0.1) is 65.8 Å². The smallest absolute Gasteiger partial charge is 0.213 e. The summed E-state index contributed by atoms with van der Waals surface area (Å²) in [6, 6.07) is 58.6. The number of aliphatic hydroxyl groups excluding tert-OH is 4. The van der Waals surface area contributed by atoms with Crippen LogP contribution in [0.3, 0.4) is 0 Å². The summed E-state index contributed by atoms with van der Waals surface area (Å²) in [5, 5.41) is 44.6. The summed E-state index contributed by atoms with van der Waals surface area (Å²) in [6.45, 7) is -0.463. The van der Waals surface area contributed by atoms with E-state index in [4.69, 9.17) is 18.9 Å². The SMILES string of the molecule is COc1c(-c2ccc(-c3ccccc3)cc2)cc2c(c1OC)CCc1c-2cc2cc(CO)c(CO)cc2[n+]1C.COc1c(-c2ccc(-c3ccccc3)cc2)cc2c(ccc3c2cc2cc(CO)c(CO)cc2[n+]3C)c1OC. The maximum Gasteiger partial charge on any atom is 0.213 e. The summed E-state index contributed by atoms with van der Waals surface area (Å²) in [4.78, 5) is 0. The van der Waals surface area contributed by atoms with E-state index in [0.717, 1.165) is 140 Å². The Bertz CT molecular complexity index is 4070. The average molecular weight is 1040 g/mol. The molecule has 2 aromatic heterocycles. The van der Waals surface area contributed by atoms with Crippen LogP contribution in [0.2, 0.25) is 0 Å². The second-order valence-electron chi connectivity index (χ2n) is 19.7. The van der Waals surface area contributed by atoms with Gasteiger partial charge in [0.25, 0.3) is 0 Å². The Balaban J connectivity index is 0.000000165. The van der Waals surface area contributed by atoms with E-state index >= 15 is 0 Å². The molecule has 0 atom stereocenters. The third-order valence-corrected chi connectivity index (χ3v) is 15.7. The number of ether oxygens (including phenoxy) is 4. The predicted molar refractivity (Wildman–Crippen MR) is 310 cm³/mol. The van der Waals surface area contributed by atoms with Gasteiger partial charge in [-0.1, -0.05) is 109 Å². The minimum atomic E-state index is -0.128. The first-order valence-electron chi connectivity index (χ1n) is 26.1. The molecule has 0 aliphatic heterocycles. The van der Waals surface area contributed by atoms with Crippen LogP contribution < -0.4 is 28.1 Å². The first-order valence-corrected chi connectivity index (χ1v) is 26.1. The summed E-state index contributed by atoms with van der Waals surface area (Å²) in [6.07, 6.45) is 1.69. The molecule has 2 heterocycles. The lowest BCUT2D eigenvalue weighted by molar-refractivity contribution is -0.652. The standard InChI is InChI=1S/C34H32NO4.C34H30NO4/c2*1-35-31-14-13-27-29(30(31)16-24-15-25(19-36)26(20-37)17-32(24)35)18-28(34(39-3)33(27)38-2)23-11-9-22(10-12-23)21-7-5-4-6-8-21/h4-12,15-18,36-37H,13-14,19-20H2,1-3H3;4-18,36-37H,19-20H2,1-3H3/q2*+1. The molecule has 0 amide bonds. The Labute approximate surface area is 453 Å². The second kappa shape index (κ2) is 21.8. The maximum absolute atomic E-state index is 9.91. The van der Waals surface area contributed by atoms with Crippen molar-refractivity contribution >= 4 is 43.5 Å². The minimum Gasteiger partial charge on any atom is -0.493 e. The first-order chi connectivity index (χ1) is 38.1. The first kappa shape index (κ1) is 51.5. The molecule has 0 bridgehead atoms. The number of methoxy groups -OCH3 is 4. The van der Waals surface area contributed by atoms with E-state index in [2.05, 4.69) is 138 Å². The molecule has 390 valence electrons. The molecule has 1 aliphatic carbocycles. The fourth-order valence-electron chi connectivity index (χ4n) is 11.7. The van der Waals surface area contributed by atoms with E-state index < -0.39 is 0 Å². The number of aryl methyl sites for hydroxylation is 2. The van der Waals surface area contributed by atoms with Gasteiger partial charge in [-0.3, -0.25) is 0 Å². The minimum absolute atomic E-state index is 0.102. The highest BCUT2D eigenvalue weighted by Gasteiger charge is 2.31. The molecule has 0 unspecified atom stereocenters. The van der Waals surface area contributed by atoms with Crippen LogP contribution in [0.25, 0.3) is 99.1 Å². The largest absolute Gasteiger partial charge is 0.493 e. The number of hydrogen-bond acceptors (Lipinski definition) is 8. The molecule has 12 rings (SSSR count).